The second-order valence-corrected chi connectivity index (χ2v) is 18.1. The average molecular weight is 935 g/mol. The maximum Gasteiger partial charge on any atom is 0.361 e. The van der Waals surface area contributed by atoms with E-state index >= 15 is 0 Å². The first-order valence-corrected chi connectivity index (χ1v) is 26.1. The van der Waals surface area contributed by atoms with Gasteiger partial charge in [0.25, 0.3) is 6.29 Å². The number of hydrogen-bond acceptors (Lipinski definition) is 7. The highest BCUT2D eigenvalue weighted by Gasteiger charge is 2.25. The summed E-state index contributed by atoms with van der Waals surface area (Å²) >= 11 is 0. The molecule has 0 saturated heterocycles. The van der Waals surface area contributed by atoms with Crippen LogP contribution in [0, 0.1) is 0 Å². The molecule has 0 rings (SSSR count). The molecule has 1 N–H and O–H groups in total. The number of allylic oxidation sites excluding steroid dienone is 18. The molecule has 9 nitrogen and oxygen atoms in total. The summed E-state index contributed by atoms with van der Waals surface area (Å²) in [7, 11) is 5.94. The predicted octanol–water partition coefficient (Wildman–Crippen LogP) is 14.8. The van der Waals surface area contributed by atoms with Crippen molar-refractivity contribution in [2.24, 2.45) is 0 Å². The fourth-order valence-corrected chi connectivity index (χ4v) is 6.56. The van der Waals surface area contributed by atoms with Gasteiger partial charge >= 0.3 is 17.9 Å². The summed E-state index contributed by atoms with van der Waals surface area (Å²) in [5.41, 5.74) is 0. The molecule has 0 saturated carbocycles. The normalized spacial score (nSPS) is 13.7. The second kappa shape index (κ2) is 48.4. The molecule has 0 radical (unpaired) electrons. The summed E-state index contributed by atoms with van der Waals surface area (Å²) < 4.78 is 22.8. The third-order valence-electron chi connectivity index (χ3n) is 10.5. The number of carboxylic acids is 1. The van der Waals surface area contributed by atoms with Crippen molar-refractivity contribution >= 4 is 17.9 Å². The van der Waals surface area contributed by atoms with Crippen molar-refractivity contribution in [2.75, 3.05) is 47.5 Å². The summed E-state index contributed by atoms with van der Waals surface area (Å²) in [4.78, 5) is 37.3. The number of likely N-dealkylation sites (N-methyl/N-ethyl adjacent to an activating group) is 1. The lowest BCUT2D eigenvalue weighted by Crippen LogP contribution is -2.40. The number of rotatable bonds is 46. The molecule has 0 amide bonds. The maximum atomic E-state index is 12.8. The molecule has 0 aromatic rings. The molecule has 0 heterocycles. The Labute approximate surface area is 409 Å². The van der Waals surface area contributed by atoms with Gasteiger partial charge in [0.1, 0.15) is 13.2 Å². The predicted molar refractivity (Wildman–Crippen MR) is 281 cm³/mol. The number of quaternary nitrogens is 1. The first-order chi connectivity index (χ1) is 32.6. The second-order valence-electron chi connectivity index (χ2n) is 18.1. The zero-order chi connectivity index (χ0) is 49.2. The third kappa shape index (κ3) is 49.7. The van der Waals surface area contributed by atoms with Gasteiger partial charge in [-0.3, -0.25) is 9.59 Å². The van der Waals surface area contributed by atoms with Gasteiger partial charge in [-0.1, -0.05) is 181 Å². The summed E-state index contributed by atoms with van der Waals surface area (Å²) in [5, 5.41) is 9.68. The first-order valence-electron chi connectivity index (χ1n) is 26.1. The van der Waals surface area contributed by atoms with E-state index in [-0.39, 0.29) is 38.6 Å². The number of nitrogens with zero attached hydrogens (tertiary/aromatic N) is 1. The van der Waals surface area contributed by atoms with E-state index in [1.807, 2.05) is 21.1 Å². The quantitative estimate of drug-likeness (QED) is 0.0211. The monoisotopic (exact) mass is 935 g/mol. The minimum Gasteiger partial charge on any atom is -0.477 e. The Balaban J connectivity index is 4.40. The molecule has 0 aromatic carbocycles. The van der Waals surface area contributed by atoms with Gasteiger partial charge in [0, 0.05) is 12.8 Å². The highest BCUT2D eigenvalue weighted by Crippen LogP contribution is 2.14. The van der Waals surface area contributed by atoms with Crippen LogP contribution in [0.4, 0.5) is 0 Å². The van der Waals surface area contributed by atoms with Crippen LogP contribution in [0.1, 0.15) is 181 Å². The molecule has 0 aromatic heterocycles. The van der Waals surface area contributed by atoms with Crippen molar-refractivity contribution in [3.63, 3.8) is 0 Å². The summed E-state index contributed by atoms with van der Waals surface area (Å²) in [6.07, 6.45) is 62.9. The van der Waals surface area contributed by atoms with Crippen molar-refractivity contribution in [2.45, 2.75) is 193 Å². The van der Waals surface area contributed by atoms with Gasteiger partial charge in [0.15, 0.2) is 6.10 Å². The van der Waals surface area contributed by atoms with E-state index in [2.05, 4.69) is 123 Å². The SMILES string of the molecule is CC/C=C\C/C=C\C/C=C\C/C=C\C/C=C\CCCCCC(=O)OC(COC(=O)CCCCCCCCCCCC/C=C\C/C=C\C/C=C\C/C=C\CC)COC(OCC[N+](C)(C)C)C(=O)O. The lowest BCUT2D eigenvalue weighted by atomic mass is 10.1. The lowest BCUT2D eigenvalue weighted by Gasteiger charge is -2.25. The van der Waals surface area contributed by atoms with E-state index in [4.69, 9.17) is 18.9 Å². The van der Waals surface area contributed by atoms with Crippen LogP contribution in [-0.2, 0) is 33.3 Å². The van der Waals surface area contributed by atoms with Crippen LogP contribution in [0.3, 0.4) is 0 Å². The van der Waals surface area contributed by atoms with Crippen molar-refractivity contribution in [1.82, 2.24) is 0 Å². The van der Waals surface area contributed by atoms with Gasteiger partial charge in [-0.15, -0.1) is 0 Å². The fourth-order valence-electron chi connectivity index (χ4n) is 6.56. The standard InChI is InChI=1S/C58H95NO8/c1-6-8-10-12-14-16-18-20-22-24-26-27-28-29-31-32-34-36-38-40-42-44-46-48-55(60)65-52-54(53-66-58(57(62)63)64-51-50-59(3,4)5)67-56(61)49-47-45-43-41-39-37-35-33-30-25-23-21-19-17-15-13-11-9-7-2/h8-11,14-17,20-23,26-27,30,33,37,39,54,58H,6-7,12-13,18-19,24-25,28-29,31-32,34-36,38,40-53H2,1-5H3/p+1/b10-8-,11-9-,16-14-,17-15-,22-20-,23-21-,27-26-,33-30-,39-37-. The Bertz CT molecular complexity index is 1460. The summed E-state index contributed by atoms with van der Waals surface area (Å²) in [6, 6.07) is 0. The van der Waals surface area contributed by atoms with E-state index in [9.17, 15) is 19.5 Å². The number of carbonyl (C=O) groups excluding carboxylic acids is 2. The van der Waals surface area contributed by atoms with Gasteiger partial charge in [-0.05, 0) is 96.3 Å². The largest absolute Gasteiger partial charge is 0.477 e. The van der Waals surface area contributed by atoms with Crippen LogP contribution < -0.4 is 0 Å². The van der Waals surface area contributed by atoms with Crippen LogP contribution in [0.25, 0.3) is 0 Å². The topological polar surface area (TPSA) is 108 Å². The number of carboxylic acid groups (broad SMARTS) is 1. The Morgan fingerprint density at radius 1 is 0.448 bits per heavy atom. The molecule has 67 heavy (non-hydrogen) atoms. The molecule has 0 fully saturated rings. The zero-order valence-corrected chi connectivity index (χ0v) is 43.0. The number of carbonyl (C=O) groups is 3. The fraction of sp³-hybridized carbons (Fsp3) is 0.638. The molecule has 2 atom stereocenters. The molecule has 0 aliphatic heterocycles. The molecular weight excluding hydrogens is 839 g/mol. The Morgan fingerprint density at radius 3 is 1.21 bits per heavy atom. The van der Waals surface area contributed by atoms with Crippen molar-refractivity contribution in [1.29, 1.82) is 0 Å². The molecule has 9 heteroatoms. The van der Waals surface area contributed by atoms with Gasteiger partial charge in [-0.2, -0.15) is 0 Å². The molecule has 0 aliphatic rings. The van der Waals surface area contributed by atoms with Crippen LogP contribution in [0.5, 0.6) is 0 Å². The number of hydrogen-bond donors (Lipinski definition) is 1. The molecule has 0 bridgehead atoms. The van der Waals surface area contributed by atoms with Crippen LogP contribution >= 0.6 is 0 Å². The Kier molecular flexibility index (Phi) is 45.5. The van der Waals surface area contributed by atoms with Gasteiger partial charge in [0.05, 0.1) is 34.4 Å². The van der Waals surface area contributed by atoms with Gasteiger partial charge < -0.3 is 28.5 Å². The summed E-state index contributed by atoms with van der Waals surface area (Å²) in [5.74, 6) is -2.07. The maximum absolute atomic E-state index is 12.8. The highest BCUT2D eigenvalue weighted by molar-refractivity contribution is 5.71. The van der Waals surface area contributed by atoms with Crippen LogP contribution in [0.15, 0.2) is 109 Å². The lowest BCUT2D eigenvalue weighted by molar-refractivity contribution is -0.870. The molecule has 380 valence electrons. The Morgan fingerprint density at radius 2 is 0.806 bits per heavy atom. The molecule has 0 aliphatic carbocycles. The van der Waals surface area contributed by atoms with Crippen LogP contribution in [-0.4, -0.2) is 87.4 Å². The number of unbranched alkanes of at least 4 members (excludes halogenated alkanes) is 13. The third-order valence-corrected chi connectivity index (χ3v) is 10.5. The zero-order valence-electron chi connectivity index (χ0n) is 43.0. The van der Waals surface area contributed by atoms with Crippen molar-refractivity contribution in [3.8, 4) is 0 Å². The van der Waals surface area contributed by atoms with E-state index in [1.165, 1.54) is 38.5 Å². The Hall–Kier alpha value is -4.05. The number of ether oxygens (including phenoxy) is 4. The molecular formula is C58H96NO8+. The number of aliphatic carboxylic acids is 1. The van der Waals surface area contributed by atoms with E-state index < -0.39 is 24.3 Å². The minimum atomic E-state index is -1.53. The molecule has 0 spiro atoms. The van der Waals surface area contributed by atoms with E-state index in [1.54, 1.807) is 0 Å². The van der Waals surface area contributed by atoms with Gasteiger partial charge in [-0.25, -0.2) is 4.79 Å². The highest BCUT2D eigenvalue weighted by atomic mass is 16.7. The first kappa shape index (κ1) is 63.0. The number of esters is 2. The van der Waals surface area contributed by atoms with E-state index in [0.29, 0.717) is 17.4 Å². The van der Waals surface area contributed by atoms with Gasteiger partial charge in [0.2, 0.25) is 0 Å². The van der Waals surface area contributed by atoms with E-state index in [0.717, 1.165) is 109 Å². The average Bonchev–Trinajstić information content (AvgIpc) is 3.29. The van der Waals surface area contributed by atoms with Crippen LogP contribution in [0.2, 0.25) is 0 Å². The molecule has 2 unspecified atom stereocenters. The van der Waals surface area contributed by atoms with Crippen molar-refractivity contribution in [3.05, 3.63) is 109 Å². The minimum absolute atomic E-state index is 0.174. The smallest absolute Gasteiger partial charge is 0.361 e. The summed E-state index contributed by atoms with van der Waals surface area (Å²) in [6.45, 7) is 4.58. The van der Waals surface area contributed by atoms with Crippen molar-refractivity contribution < 1.29 is 42.9 Å².